The van der Waals surface area contributed by atoms with E-state index in [4.69, 9.17) is 5.73 Å². The molecule has 1 rings (SSSR count). The maximum Gasteiger partial charge on any atom is 0.328 e. The van der Waals surface area contributed by atoms with E-state index in [1.54, 1.807) is 6.92 Å². The lowest BCUT2D eigenvalue weighted by Gasteiger charge is -2.15. The minimum atomic E-state index is -0.662. The Labute approximate surface area is 118 Å². The topological polar surface area (TPSA) is 81.4 Å². The van der Waals surface area contributed by atoms with Crippen molar-refractivity contribution >= 4 is 24.3 Å². The predicted octanol–water partition coefficient (Wildman–Crippen LogP) is 1.18. The highest BCUT2D eigenvalue weighted by Crippen LogP contribution is 2.12. The van der Waals surface area contributed by atoms with Crippen LogP contribution in [0.5, 0.6) is 0 Å². The molecular weight excluding hydrogens is 268 g/mol. The standard InChI is InChI=1S/C13H18N2O3.ClH/c1-9(13(17)18-2)15-12(16)8-11(14)10-6-4-3-5-7-10;/h3-7,9,11H,8,14H2,1-2H3,(H,15,16);1H/t9-,11?;/m1./s1. The number of methoxy groups -OCH3 is 1. The van der Waals surface area contributed by atoms with Crippen LogP contribution in [0.1, 0.15) is 24.9 Å². The van der Waals surface area contributed by atoms with Crippen molar-refractivity contribution in [3.05, 3.63) is 35.9 Å². The molecule has 0 heterocycles. The highest BCUT2D eigenvalue weighted by Gasteiger charge is 2.18. The van der Waals surface area contributed by atoms with Gasteiger partial charge in [0.25, 0.3) is 0 Å². The average molecular weight is 287 g/mol. The number of carbonyl (C=O) groups is 2. The molecule has 0 aliphatic heterocycles. The van der Waals surface area contributed by atoms with Gasteiger partial charge in [-0.15, -0.1) is 12.4 Å². The van der Waals surface area contributed by atoms with Gasteiger partial charge in [0.2, 0.25) is 5.91 Å². The van der Waals surface area contributed by atoms with E-state index in [1.165, 1.54) is 7.11 Å². The maximum atomic E-state index is 11.7. The molecule has 19 heavy (non-hydrogen) atoms. The van der Waals surface area contributed by atoms with Crippen molar-refractivity contribution in [2.45, 2.75) is 25.4 Å². The van der Waals surface area contributed by atoms with E-state index >= 15 is 0 Å². The third-order valence-corrected chi connectivity index (χ3v) is 2.57. The summed E-state index contributed by atoms with van der Waals surface area (Å²) in [7, 11) is 1.28. The van der Waals surface area contributed by atoms with Crippen LogP contribution in [0.3, 0.4) is 0 Å². The van der Waals surface area contributed by atoms with Crippen molar-refractivity contribution in [2.24, 2.45) is 5.73 Å². The molecule has 1 aromatic rings. The SMILES string of the molecule is COC(=O)[C@@H](C)NC(=O)CC(N)c1ccccc1.Cl. The van der Waals surface area contributed by atoms with Gasteiger partial charge >= 0.3 is 5.97 Å². The largest absolute Gasteiger partial charge is 0.467 e. The van der Waals surface area contributed by atoms with E-state index < -0.39 is 12.0 Å². The van der Waals surface area contributed by atoms with Crippen LogP contribution in [0.4, 0.5) is 0 Å². The number of ether oxygens (including phenoxy) is 1. The Morgan fingerprint density at radius 2 is 1.89 bits per heavy atom. The number of carbonyl (C=O) groups excluding carboxylic acids is 2. The summed E-state index contributed by atoms with van der Waals surface area (Å²) < 4.78 is 4.52. The summed E-state index contributed by atoms with van der Waals surface area (Å²) >= 11 is 0. The number of nitrogens with two attached hydrogens (primary N) is 1. The molecule has 0 bridgehead atoms. The quantitative estimate of drug-likeness (QED) is 0.796. The fourth-order valence-corrected chi connectivity index (χ4v) is 1.55. The molecule has 0 aliphatic rings. The fourth-order valence-electron chi connectivity index (χ4n) is 1.55. The van der Waals surface area contributed by atoms with Gasteiger partial charge in [-0.3, -0.25) is 4.79 Å². The number of esters is 1. The number of benzene rings is 1. The lowest BCUT2D eigenvalue weighted by atomic mass is 10.0. The lowest BCUT2D eigenvalue weighted by Crippen LogP contribution is -2.40. The number of hydrogen-bond donors (Lipinski definition) is 2. The first-order chi connectivity index (χ1) is 8.54. The van der Waals surface area contributed by atoms with Crippen LogP contribution in [0.25, 0.3) is 0 Å². The molecule has 0 fully saturated rings. The third kappa shape index (κ3) is 5.72. The normalized spacial score (nSPS) is 12.8. The summed E-state index contributed by atoms with van der Waals surface area (Å²) in [6.07, 6.45) is 0.130. The van der Waals surface area contributed by atoms with Crippen LogP contribution >= 0.6 is 12.4 Å². The molecule has 3 N–H and O–H groups in total. The second-order valence-electron chi connectivity index (χ2n) is 4.03. The summed E-state index contributed by atoms with van der Waals surface area (Å²) in [5.41, 5.74) is 6.79. The number of nitrogens with one attached hydrogen (secondary N) is 1. The molecular formula is C13H19ClN2O3. The van der Waals surface area contributed by atoms with Gasteiger partial charge in [0.1, 0.15) is 6.04 Å². The zero-order valence-corrected chi connectivity index (χ0v) is 11.8. The Bertz CT molecular complexity index is 412. The van der Waals surface area contributed by atoms with Gasteiger partial charge < -0.3 is 15.8 Å². The van der Waals surface area contributed by atoms with E-state index in [-0.39, 0.29) is 30.8 Å². The van der Waals surface area contributed by atoms with Crippen molar-refractivity contribution in [3.63, 3.8) is 0 Å². The molecule has 1 unspecified atom stereocenters. The van der Waals surface area contributed by atoms with E-state index in [2.05, 4.69) is 10.1 Å². The van der Waals surface area contributed by atoms with Gasteiger partial charge in [0.15, 0.2) is 0 Å². The Kier molecular flexibility index (Phi) is 7.79. The van der Waals surface area contributed by atoms with E-state index in [0.717, 1.165) is 5.56 Å². The minimum Gasteiger partial charge on any atom is -0.467 e. The molecule has 1 aromatic carbocycles. The van der Waals surface area contributed by atoms with Crippen molar-refractivity contribution < 1.29 is 14.3 Å². The zero-order valence-electron chi connectivity index (χ0n) is 11.0. The fraction of sp³-hybridized carbons (Fsp3) is 0.385. The molecule has 1 amide bonds. The molecule has 106 valence electrons. The summed E-state index contributed by atoms with van der Waals surface area (Å²) in [6.45, 7) is 1.57. The van der Waals surface area contributed by atoms with Crippen LogP contribution in [-0.4, -0.2) is 25.0 Å². The lowest BCUT2D eigenvalue weighted by molar-refractivity contribution is -0.144. The number of rotatable bonds is 5. The molecule has 2 atom stereocenters. The number of halogens is 1. The summed E-state index contributed by atoms with van der Waals surface area (Å²) in [5, 5.41) is 2.54. The third-order valence-electron chi connectivity index (χ3n) is 2.57. The zero-order chi connectivity index (χ0) is 13.5. The van der Waals surface area contributed by atoms with Crippen LogP contribution in [0, 0.1) is 0 Å². The van der Waals surface area contributed by atoms with Crippen LogP contribution in [-0.2, 0) is 14.3 Å². The molecule has 6 heteroatoms. The smallest absolute Gasteiger partial charge is 0.328 e. The Morgan fingerprint density at radius 3 is 2.42 bits per heavy atom. The number of hydrogen-bond acceptors (Lipinski definition) is 4. The van der Waals surface area contributed by atoms with Gasteiger partial charge in [-0.2, -0.15) is 0 Å². The summed E-state index contributed by atoms with van der Waals surface area (Å²) in [4.78, 5) is 22.8. The average Bonchev–Trinajstić information content (AvgIpc) is 2.38. The minimum absolute atomic E-state index is 0. The van der Waals surface area contributed by atoms with Crippen LogP contribution in [0.15, 0.2) is 30.3 Å². The van der Waals surface area contributed by atoms with Crippen molar-refractivity contribution in [3.8, 4) is 0 Å². The van der Waals surface area contributed by atoms with Gasteiger partial charge in [-0.1, -0.05) is 30.3 Å². The molecule has 0 aliphatic carbocycles. The Morgan fingerprint density at radius 1 is 1.32 bits per heavy atom. The van der Waals surface area contributed by atoms with Crippen LogP contribution < -0.4 is 11.1 Å². The molecule has 0 aromatic heterocycles. The van der Waals surface area contributed by atoms with Gasteiger partial charge in [-0.05, 0) is 12.5 Å². The van der Waals surface area contributed by atoms with Crippen LogP contribution in [0.2, 0.25) is 0 Å². The van der Waals surface area contributed by atoms with Gasteiger partial charge in [0, 0.05) is 12.5 Å². The second-order valence-corrected chi connectivity index (χ2v) is 4.03. The Hall–Kier alpha value is -1.59. The highest BCUT2D eigenvalue weighted by atomic mass is 35.5. The Balaban J connectivity index is 0.00000324. The van der Waals surface area contributed by atoms with Crippen molar-refractivity contribution in [1.29, 1.82) is 0 Å². The van der Waals surface area contributed by atoms with E-state index in [1.807, 2.05) is 30.3 Å². The maximum absolute atomic E-state index is 11.7. The highest BCUT2D eigenvalue weighted by molar-refractivity contribution is 5.85. The van der Waals surface area contributed by atoms with E-state index in [9.17, 15) is 9.59 Å². The number of amides is 1. The summed E-state index contributed by atoms with van der Waals surface area (Å²) in [5.74, 6) is -0.749. The monoisotopic (exact) mass is 286 g/mol. The molecule has 0 radical (unpaired) electrons. The first-order valence-electron chi connectivity index (χ1n) is 5.72. The molecule has 0 saturated heterocycles. The molecule has 0 saturated carbocycles. The first kappa shape index (κ1) is 17.4. The van der Waals surface area contributed by atoms with Gasteiger partial charge in [0.05, 0.1) is 7.11 Å². The first-order valence-corrected chi connectivity index (χ1v) is 5.72. The molecule has 0 spiro atoms. The second kappa shape index (κ2) is 8.50. The molecule has 5 nitrogen and oxygen atoms in total. The van der Waals surface area contributed by atoms with Crippen molar-refractivity contribution in [2.75, 3.05) is 7.11 Å². The predicted molar refractivity (Wildman–Crippen MR) is 74.9 cm³/mol. The van der Waals surface area contributed by atoms with Gasteiger partial charge in [-0.25, -0.2) is 4.79 Å². The van der Waals surface area contributed by atoms with Crippen molar-refractivity contribution in [1.82, 2.24) is 5.32 Å². The van der Waals surface area contributed by atoms with E-state index in [0.29, 0.717) is 0 Å². The summed E-state index contributed by atoms with van der Waals surface area (Å²) in [6, 6.07) is 8.30.